The number of carbonyl (C=O) groups is 1. The quantitative estimate of drug-likeness (QED) is 0.728. The number of hydrogen-bond donors (Lipinski definition) is 0. The standard InChI is InChI=1S/C18H18N4O3/c1-11-15(12(2)24-20-11)18(23)22-10-6-9-14(22)17-19-16(21-25-17)13-7-4-3-5-8-13/h3-5,7-8,14H,6,9-10H2,1-2H3/t14-/m1/s1. The Bertz CT molecular complexity index is 881. The molecule has 3 heterocycles. The van der Waals surface area contributed by atoms with Gasteiger partial charge in [-0.1, -0.05) is 40.6 Å². The van der Waals surface area contributed by atoms with Crippen LogP contribution in [0.15, 0.2) is 39.4 Å². The fraction of sp³-hybridized carbons (Fsp3) is 0.333. The van der Waals surface area contributed by atoms with Crippen molar-refractivity contribution >= 4 is 5.91 Å². The van der Waals surface area contributed by atoms with Gasteiger partial charge in [0.2, 0.25) is 11.7 Å². The van der Waals surface area contributed by atoms with E-state index in [1.54, 1.807) is 18.7 Å². The Morgan fingerprint density at radius 2 is 1.96 bits per heavy atom. The first-order valence-corrected chi connectivity index (χ1v) is 8.28. The van der Waals surface area contributed by atoms with Crippen LogP contribution in [0, 0.1) is 13.8 Å². The highest BCUT2D eigenvalue weighted by Gasteiger charge is 2.36. The Labute approximate surface area is 144 Å². The number of benzene rings is 1. The van der Waals surface area contributed by atoms with Gasteiger partial charge in [0, 0.05) is 12.1 Å². The van der Waals surface area contributed by atoms with Crippen molar-refractivity contribution in [2.24, 2.45) is 0 Å². The molecule has 128 valence electrons. The number of rotatable bonds is 3. The van der Waals surface area contributed by atoms with Crippen molar-refractivity contribution in [3.63, 3.8) is 0 Å². The Balaban J connectivity index is 1.62. The zero-order chi connectivity index (χ0) is 17.4. The Kier molecular flexibility index (Phi) is 3.83. The van der Waals surface area contributed by atoms with Crippen LogP contribution < -0.4 is 0 Å². The van der Waals surface area contributed by atoms with Crippen molar-refractivity contribution in [3.8, 4) is 11.4 Å². The summed E-state index contributed by atoms with van der Waals surface area (Å²) in [7, 11) is 0. The first-order chi connectivity index (χ1) is 12.1. The number of aromatic nitrogens is 3. The lowest BCUT2D eigenvalue weighted by Crippen LogP contribution is -2.31. The van der Waals surface area contributed by atoms with E-state index in [0.29, 0.717) is 35.3 Å². The van der Waals surface area contributed by atoms with Crippen molar-refractivity contribution in [3.05, 3.63) is 53.2 Å². The van der Waals surface area contributed by atoms with Crippen LogP contribution >= 0.6 is 0 Å². The molecule has 1 aromatic carbocycles. The van der Waals surface area contributed by atoms with Gasteiger partial charge < -0.3 is 13.9 Å². The summed E-state index contributed by atoms with van der Waals surface area (Å²) < 4.78 is 10.6. The number of hydrogen-bond acceptors (Lipinski definition) is 6. The molecule has 3 aromatic rings. The number of likely N-dealkylation sites (tertiary alicyclic amines) is 1. The van der Waals surface area contributed by atoms with E-state index < -0.39 is 0 Å². The van der Waals surface area contributed by atoms with Gasteiger partial charge in [-0.25, -0.2) is 0 Å². The van der Waals surface area contributed by atoms with Gasteiger partial charge in [0.05, 0.1) is 5.69 Å². The molecule has 1 fully saturated rings. The summed E-state index contributed by atoms with van der Waals surface area (Å²) >= 11 is 0. The van der Waals surface area contributed by atoms with Crippen molar-refractivity contribution < 1.29 is 13.8 Å². The zero-order valence-corrected chi connectivity index (χ0v) is 14.1. The van der Waals surface area contributed by atoms with E-state index >= 15 is 0 Å². The molecule has 1 amide bonds. The molecule has 0 aliphatic carbocycles. The maximum absolute atomic E-state index is 12.9. The summed E-state index contributed by atoms with van der Waals surface area (Å²) in [4.78, 5) is 19.2. The third-order valence-corrected chi connectivity index (χ3v) is 4.52. The first-order valence-electron chi connectivity index (χ1n) is 8.28. The van der Waals surface area contributed by atoms with E-state index in [2.05, 4.69) is 15.3 Å². The molecule has 0 unspecified atom stereocenters. The van der Waals surface area contributed by atoms with Crippen LogP contribution in [0.5, 0.6) is 0 Å². The summed E-state index contributed by atoms with van der Waals surface area (Å²) in [5.74, 6) is 1.44. The van der Waals surface area contributed by atoms with E-state index in [9.17, 15) is 4.79 Å². The molecular weight excluding hydrogens is 320 g/mol. The SMILES string of the molecule is Cc1noc(C)c1C(=O)N1CCC[C@@H]1c1nc(-c2ccccc2)no1. The van der Waals surface area contributed by atoms with Crippen molar-refractivity contribution in [2.45, 2.75) is 32.7 Å². The third-order valence-electron chi connectivity index (χ3n) is 4.52. The van der Waals surface area contributed by atoms with Gasteiger partial charge in [-0.05, 0) is 26.7 Å². The first kappa shape index (κ1) is 15.6. The van der Waals surface area contributed by atoms with Crippen molar-refractivity contribution in [1.29, 1.82) is 0 Å². The van der Waals surface area contributed by atoms with Crippen LogP contribution in [0.4, 0.5) is 0 Å². The topological polar surface area (TPSA) is 85.3 Å². The van der Waals surface area contributed by atoms with E-state index in [4.69, 9.17) is 9.05 Å². The van der Waals surface area contributed by atoms with Gasteiger partial charge in [0.1, 0.15) is 17.4 Å². The monoisotopic (exact) mass is 338 g/mol. The van der Waals surface area contributed by atoms with Gasteiger partial charge in [-0.15, -0.1) is 0 Å². The minimum absolute atomic E-state index is 0.0989. The highest BCUT2D eigenvalue weighted by Crippen LogP contribution is 2.34. The molecule has 1 saturated heterocycles. The van der Waals surface area contributed by atoms with Crippen LogP contribution in [0.3, 0.4) is 0 Å². The fourth-order valence-electron chi connectivity index (χ4n) is 3.27. The highest BCUT2D eigenvalue weighted by atomic mass is 16.5. The normalized spacial score (nSPS) is 17.2. The van der Waals surface area contributed by atoms with Crippen LogP contribution in [-0.2, 0) is 0 Å². The average molecular weight is 338 g/mol. The lowest BCUT2D eigenvalue weighted by Gasteiger charge is -2.21. The molecule has 2 aromatic heterocycles. The summed E-state index contributed by atoms with van der Waals surface area (Å²) in [6.07, 6.45) is 1.69. The molecular formula is C18H18N4O3. The molecule has 0 N–H and O–H groups in total. The predicted octanol–water partition coefficient (Wildman–Crippen LogP) is 3.32. The maximum Gasteiger partial charge on any atom is 0.260 e. The van der Waals surface area contributed by atoms with Gasteiger partial charge in [-0.3, -0.25) is 4.79 Å². The van der Waals surface area contributed by atoms with E-state index in [-0.39, 0.29) is 11.9 Å². The minimum atomic E-state index is -0.217. The number of aryl methyl sites for hydroxylation is 2. The summed E-state index contributed by atoms with van der Waals surface area (Å²) in [6.45, 7) is 4.17. The molecule has 1 aliphatic rings. The Morgan fingerprint density at radius 3 is 2.68 bits per heavy atom. The lowest BCUT2D eigenvalue weighted by molar-refractivity contribution is 0.0707. The van der Waals surface area contributed by atoms with Gasteiger partial charge in [0.25, 0.3) is 5.91 Å². The second-order valence-corrected chi connectivity index (χ2v) is 6.18. The van der Waals surface area contributed by atoms with E-state index in [1.807, 2.05) is 30.3 Å². The summed E-state index contributed by atoms with van der Waals surface area (Å²) in [6, 6.07) is 9.42. The van der Waals surface area contributed by atoms with Crippen LogP contribution in [0.25, 0.3) is 11.4 Å². The second-order valence-electron chi connectivity index (χ2n) is 6.18. The molecule has 7 nitrogen and oxygen atoms in total. The van der Waals surface area contributed by atoms with Gasteiger partial charge in [-0.2, -0.15) is 4.98 Å². The minimum Gasteiger partial charge on any atom is -0.361 e. The maximum atomic E-state index is 12.9. The molecule has 0 radical (unpaired) electrons. The van der Waals surface area contributed by atoms with Gasteiger partial charge >= 0.3 is 0 Å². The highest BCUT2D eigenvalue weighted by molar-refractivity contribution is 5.96. The Hall–Kier alpha value is -2.96. The molecule has 0 bridgehead atoms. The molecule has 0 saturated carbocycles. The van der Waals surface area contributed by atoms with E-state index in [1.165, 1.54) is 0 Å². The number of amides is 1. The number of nitrogens with zero attached hydrogens (tertiary/aromatic N) is 4. The van der Waals surface area contributed by atoms with Crippen molar-refractivity contribution in [1.82, 2.24) is 20.2 Å². The second kappa shape index (κ2) is 6.16. The predicted molar refractivity (Wildman–Crippen MR) is 88.7 cm³/mol. The fourth-order valence-corrected chi connectivity index (χ4v) is 3.27. The molecule has 25 heavy (non-hydrogen) atoms. The molecule has 1 atom stereocenters. The smallest absolute Gasteiger partial charge is 0.260 e. The van der Waals surface area contributed by atoms with Gasteiger partial charge in [0.15, 0.2) is 0 Å². The largest absolute Gasteiger partial charge is 0.361 e. The zero-order valence-electron chi connectivity index (χ0n) is 14.1. The Morgan fingerprint density at radius 1 is 1.16 bits per heavy atom. The lowest BCUT2D eigenvalue weighted by atomic mass is 10.1. The summed E-state index contributed by atoms with van der Waals surface area (Å²) in [5.41, 5.74) is 2.01. The van der Waals surface area contributed by atoms with Crippen molar-refractivity contribution in [2.75, 3.05) is 6.54 Å². The van der Waals surface area contributed by atoms with E-state index in [0.717, 1.165) is 18.4 Å². The molecule has 7 heteroatoms. The van der Waals surface area contributed by atoms with Crippen LogP contribution in [0.1, 0.15) is 46.6 Å². The number of carbonyl (C=O) groups excluding carboxylic acids is 1. The molecule has 1 aliphatic heterocycles. The van der Waals surface area contributed by atoms with Crippen LogP contribution in [-0.4, -0.2) is 32.6 Å². The van der Waals surface area contributed by atoms with Crippen LogP contribution in [0.2, 0.25) is 0 Å². The molecule has 0 spiro atoms. The third kappa shape index (κ3) is 2.71. The average Bonchev–Trinajstić information content (AvgIpc) is 3.35. The molecule has 4 rings (SSSR count). The summed E-state index contributed by atoms with van der Waals surface area (Å²) in [5, 5.41) is 7.94.